The van der Waals surface area contributed by atoms with Gasteiger partial charge < -0.3 is 4.57 Å². The zero-order chi connectivity index (χ0) is 13.0. The van der Waals surface area contributed by atoms with Gasteiger partial charge in [-0.2, -0.15) is 5.10 Å². The third kappa shape index (κ3) is 2.70. The second-order valence-electron chi connectivity index (χ2n) is 4.42. The zero-order valence-electron chi connectivity index (χ0n) is 10.9. The third-order valence-corrected chi connectivity index (χ3v) is 3.21. The molecule has 0 aliphatic heterocycles. The summed E-state index contributed by atoms with van der Waals surface area (Å²) in [6.07, 6.45) is 5.94. The number of aromatic nitrogens is 3. The first-order valence-corrected chi connectivity index (χ1v) is 6.44. The van der Waals surface area contributed by atoms with Gasteiger partial charge in [-0.25, -0.2) is 0 Å². The molecule has 0 radical (unpaired) electrons. The van der Waals surface area contributed by atoms with Crippen LogP contribution < -0.4 is 5.56 Å². The molecule has 0 unspecified atom stereocenters. The quantitative estimate of drug-likeness (QED) is 0.811. The highest BCUT2D eigenvalue weighted by atomic mass is 16.1. The molecule has 0 amide bonds. The van der Waals surface area contributed by atoms with Gasteiger partial charge in [0.05, 0.1) is 18.3 Å². The van der Waals surface area contributed by atoms with Crippen molar-refractivity contribution in [3.8, 4) is 0 Å². The van der Waals surface area contributed by atoms with E-state index in [1.165, 1.54) is 0 Å². The highest BCUT2D eigenvalue weighted by Gasteiger charge is 2.08. The van der Waals surface area contributed by atoms with Gasteiger partial charge in [-0.15, -0.1) is 0 Å². The van der Waals surface area contributed by atoms with E-state index in [4.69, 9.17) is 0 Å². The van der Waals surface area contributed by atoms with Crippen molar-refractivity contribution in [1.29, 1.82) is 0 Å². The van der Waals surface area contributed by atoms with Gasteiger partial charge in [0.25, 0.3) is 5.56 Å². The Labute approximate surface area is 107 Å². The first-order chi connectivity index (χ1) is 8.74. The van der Waals surface area contributed by atoms with Crippen molar-refractivity contribution in [2.75, 3.05) is 0 Å². The molecule has 2 heterocycles. The molecule has 2 aromatic rings. The summed E-state index contributed by atoms with van der Waals surface area (Å²) in [5.74, 6) is 0. The van der Waals surface area contributed by atoms with Crippen LogP contribution in [0, 0.1) is 0 Å². The average Bonchev–Trinajstić information content (AvgIpc) is 2.82. The summed E-state index contributed by atoms with van der Waals surface area (Å²) in [4.78, 5) is 11.6. The van der Waals surface area contributed by atoms with Gasteiger partial charge in [0.2, 0.25) is 0 Å². The van der Waals surface area contributed by atoms with Crippen LogP contribution in [0.15, 0.2) is 41.5 Å². The van der Waals surface area contributed by atoms with E-state index >= 15 is 0 Å². The maximum atomic E-state index is 11.6. The molecule has 2 rings (SSSR count). The number of hydrogen-bond acceptors (Lipinski definition) is 2. The molecule has 4 nitrogen and oxygen atoms in total. The van der Waals surface area contributed by atoms with E-state index in [0.717, 1.165) is 18.5 Å². The van der Waals surface area contributed by atoms with Crippen LogP contribution in [0.5, 0.6) is 0 Å². The Balaban J connectivity index is 2.16. The van der Waals surface area contributed by atoms with Gasteiger partial charge in [0.1, 0.15) is 0 Å². The van der Waals surface area contributed by atoms with E-state index in [2.05, 4.69) is 18.9 Å². The van der Waals surface area contributed by atoms with E-state index in [1.54, 1.807) is 22.9 Å². The molecule has 0 saturated heterocycles. The summed E-state index contributed by atoms with van der Waals surface area (Å²) >= 11 is 0. The molecule has 0 aromatic carbocycles. The fraction of sp³-hybridized carbons (Fsp3) is 0.429. The number of pyridine rings is 1. The van der Waals surface area contributed by atoms with E-state index < -0.39 is 0 Å². The first-order valence-electron chi connectivity index (χ1n) is 6.44. The Kier molecular flexibility index (Phi) is 3.97. The van der Waals surface area contributed by atoms with Crippen LogP contribution in [-0.4, -0.2) is 14.3 Å². The van der Waals surface area contributed by atoms with E-state index in [-0.39, 0.29) is 5.56 Å². The second-order valence-corrected chi connectivity index (χ2v) is 4.42. The lowest BCUT2D eigenvalue weighted by atomic mass is 10.2. The van der Waals surface area contributed by atoms with Gasteiger partial charge >= 0.3 is 0 Å². The molecule has 0 spiro atoms. The highest BCUT2D eigenvalue weighted by Crippen LogP contribution is 2.14. The van der Waals surface area contributed by atoms with Gasteiger partial charge in [-0.1, -0.05) is 19.9 Å². The van der Waals surface area contributed by atoms with E-state index in [9.17, 15) is 4.79 Å². The predicted octanol–water partition coefficient (Wildman–Crippen LogP) is 2.45. The van der Waals surface area contributed by atoms with Crippen molar-refractivity contribution in [3.05, 3.63) is 52.7 Å². The monoisotopic (exact) mass is 245 g/mol. The smallest absolute Gasteiger partial charge is 0.250 e. The maximum absolute atomic E-state index is 11.6. The predicted molar refractivity (Wildman–Crippen MR) is 71.7 cm³/mol. The molecule has 4 heteroatoms. The van der Waals surface area contributed by atoms with Crippen LogP contribution in [0.3, 0.4) is 0 Å². The van der Waals surface area contributed by atoms with Gasteiger partial charge in [-0.3, -0.25) is 9.48 Å². The number of rotatable bonds is 5. The normalized spacial score (nSPS) is 11.1. The van der Waals surface area contributed by atoms with Crippen LogP contribution in [0.1, 0.15) is 38.4 Å². The fourth-order valence-corrected chi connectivity index (χ4v) is 2.09. The molecule has 0 aliphatic carbocycles. The number of hydrogen-bond donors (Lipinski definition) is 0. The van der Waals surface area contributed by atoms with Crippen LogP contribution in [0.25, 0.3) is 0 Å². The van der Waals surface area contributed by atoms with Gasteiger partial charge in [0, 0.05) is 18.5 Å². The second kappa shape index (κ2) is 5.67. The van der Waals surface area contributed by atoms with Crippen molar-refractivity contribution < 1.29 is 0 Å². The van der Waals surface area contributed by atoms with Crippen molar-refractivity contribution >= 4 is 0 Å². The maximum Gasteiger partial charge on any atom is 0.250 e. The Morgan fingerprint density at radius 3 is 2.61 bits per heavy atom. The van der Waals surface area contributed by atoms with Crippen molar-refractivity contribution in [2.45, 2.75) is 39.3 Å². The molecule has 0 aliphatic rings. The van der Waals surface area contributed by atoms with Crippen LogP contribution >= 0.6 is 0 Å². The molecular weight excluding hydrogens is 226 g/mol. The van der Waals surface area contributed by atoms with Crippen LogP contribution in [-0.2, 0) is 6.54 Å². The third-order valence-electron chi connectivity index (χ3n) is 3.21. The number of nitrogens with zero attached hydrogens (tertiary/aromatic N) is 3. The summed E-state index contributed by atoms with van der Waals surface area (Å²) in [5.41, 5.74) is 0.935. The molecule has 0 N–H and O–H groups in total. The summed E-state index contributed by atoms with van der Waals surface area (Å²) in [6, 6.07) is 7.61. The largest absolute Gasteiger partial charge is 0.309 e. The zero-order valence-corrected chi connectivity index (χ0v) is 10.9. The molecular formula is C14H19N3O. The summed E-state index contributed by atoms with van der Waals surface area (Å²) in [7, 11) is 0. The van der Waals surface area contributed by atoms with Crippen LogP contribution in [0.4, 0.5) is 0 Å². The molecule has 0 atom stereocenters. The Morgan fingerprint density at radius 2 is 1.94 bits per heavy atom. The summed E-state index contributed by atoms with van der Waals surface area (Å²) < 4.78 is 3.67. The van der Waals surface area contributed by atoms with Crippen molar-refractivity contribution in [1.82, 2.24) is 14.3 Å². The summed E-state index contributed by atoms with van der Waals surface area (Å²) in [5, 5.41) is 4.55. The van der Waals surface area contributed by atoms with E-state index in [0.29, 0.717) is 12.6 Å². The lowest BCUT2D eigenvalue weighted by Gasteiger charge is -2.12. The van der Waals surface area contributed by atoms with Crippen molar-refractivity contribution in [2.24, 2.45) is 0 Å². The summed E-state index contributed by atoms with van der Waals surface area (Å²) in [6.45, 7) is 4.86. The molecule has 2 aromatic heterocycles. The molecule has 0 fully saturated rings. The Hall–Kier alpha value is -1.84. The average molecular weight is 245 g/mol. The van der Waals surface area contributed by atoms with Crippen molar-refractivity contribution in [3.63, 3.8) is 0 Å². The molecule has 0 saturated carbocycles. The Bertz CT molecular complexity index is 552. The van der Waals surface area contributed by atoms with Gasteiger partial charge in [0.15, 0.2) is 0 Å². The standard InChI is InChI=1S/C14H19N3O/c1-3-13(4-2)17-10-8-12(15-17)11-16-9-6-5-7-14(16)18/h5-10,13H,3-4,11H2,1-2H3. The topological polar surface area (TPSA) is 39.8 Å². The van der Waals surface area contributed by atoms with E-state index in [1.807, 2.05) is 23.0 Å². The SMILES string of the molecule is CCC(CC)n1ccc(Cn2ccccc2=O)n1. The van der Waals surface area contributed by atoms with Crippen LogP contribution in [0.2, 0.25) is 0 Å². The minimum Gasteiger partial charge on any atom is -0.309 e. The fourth-order valence-electron chi connectivity index (χ4n) is 2.09. The molecule has 18 heavy (non-hydrogen) atoms. The lowest BCUT2D eigenvalue weighted by molar-refractivity contribution is 0.424. The minimum absolute atomic E-state index is 0.00887. The minimum atomic E-state index is 0.00887. The van der Waals surface area contributed by atoms with Gasteiger partial charge in [-0.05, 0) is 25.0 Å². The molecule has 0 bridgehead atoms. The highest BCUT2D eigenvalue weighted by molar-refractivity contribution is 5.03. The molecule has 96 valence electrons. The lowest BCUT2D eigenvalue weighted by Crippen LogP contribution is -2.18. The Morgan fingerprint density at radius 1 is 1.17 bits per heavy atom. The first kappa shape index (κ1) is 12.6.